The largest absolute Gasteiger partial charge is 0.355 e. The number of nitrogens with zero attached hydrogens (tertiary/aromatic N) is 3. The zero-order valence-electron chi connectivity index (χ0n) is 11.7. The molecule has 1 aliphatic heterocycles. The third-order valence-electron chi connectivity index (χ3n) is 3.53. The molecule has 1 unspecified atom stereocenters. The highest BCUT2D eigenvalue weighted by atomic mass is 16.2. The maximum atomic E-state index is 12.1. The summed E-state index contributed by atoms with van der Waals surface area (Å²) in [6.07, 6.45) is 4.94. The number of anilines is 1. The first-order valence-electron chi connectivity index (χ1n) is 6.88. The van der Waals surface area contributed by atoms with Crippen molar-refractivity contribution in [2.24, 2.45) is 18.7 Å². The third kappa shape index (κ3) is 3.16. The molecule has 1 aliphatic rings. The second kappa shape index (κ2) is 6.51. The van der Waals surface area contributed by atoms with Crippen molar-refractivity contribution < 1.29 is 4.79 Å². The zero-order chi connectivity index (χ0) is 14.5. The van der Waals surface area contributed by atoms with Crippen LogP contribution < -0.4 is 21.5 Å². The zero-order valence-corrected chi connectivity index (χ0v) is 11.7. The maximum absolute atomic E-state index is 12.1. The van der Waals surface area contributed by atoms with Crippen LogP contribution in [0.1, 0.15) is 12.8 Å². The summed E-state index contributed by atoms with van der Waals surface area (Å²) in [7, 11) is 1.70. The van der Waals surface area contributed by atoms with E-state index in [9.17, 15) is 9.59 Å². The Morgan fingerprint density at radius 3 is 3.15 bits per heavy atom. The van der Waals surface area contributed by atoms with E-state index in [-0.39, 0.29) is 17.4 Å². The molecule has 1 aromatic rings. The fourth-order valence-electron chi connectivity index (χ4n) is 2.42. The van der Waals surface area contributed by atoms with Gasteiger partial charge in [-0.05, 0) is 12.8 Å². The number of aryl methyl sites for hydroxylation is 1. The van der Waals surface area contributed by atoms with E-state index in [1.54, 1.807) is 19.4 Å². The molecular weight excluding hydrogens is 258 g/mol. The van der Waals surface area contributed by atoms with Crippen LogP contribution >= 0.6 is 0 Å². The summed E-state index contributed by atoms with van der Waals surface area (Å²) < 4.78 is 1.50. The van der Waals surface area contributed by atoms with Gasteiger partial charge in [0.1, 0.15) is 0 Å². The Hall–Kier alpha value is -1.89. The standard InChI is InChI=1S/C13H21N5O2/c1-17-8-6-15-11(13(17)20)18-7-2-3-10(9-18)12(19)16-5-4-14/h6,8,10H,2-5,7,9,14H2,1H3,(H,16,19). The summed E-state index contributed by atoms with van der Waals surface area (Å²) in [6, 6.07) is 0. The first-order chi connectivity index (χ1) is 9.63. The molecule has 3 N–H and O–H groups in total. The Bertz CT molecular complexity index is 528. The van der Waals surface area contributed by atoms with Gasteiger partial charge in [-0.25, -0.2) is 4.98 Å². The lowest BCUT2D eigenvalue weighted by Crippen LogP contribution is -2.46. The van der Waals surface area contributed by atoms with Crippen LogP contribution in [0.3, 0.4) is 0 Å². The molecule has 2 heterocycles. The highest BCUT2D eigenvalue weighted by molar-refractivity contribution is 5.79. The molecule has 7 heteroatoms. The number of nitrogens with two attached hydrogens (primary N) is 1. The predicted octanol–water partition coefficient (Wildman–Crippen LogP) is -0.928. The van der Waals surface area contributed by atoms with Crippen molar-refractivity contribution in [3.05, 3.63) is 22.7 Å². The van der Waals surface area contributed by atoms with Gasteiger partial charge in [-0.2, -0.15) is 0 Å². The minimum atomic E-state index is -0.129. The van der Waals surface area contributed by atoms with Crippen LogP contribution in [-0.4, -0.2) is 41.6 Å². The van der Waals surface area contributed by atoms with Crippen LogP contribution in [0.2, 0.25) is 0 Å². The number of amides is 1. The molecular formula is C13H21N5O2. The minimum Gasteiger partial charge on any atom is -0.355 e. The monoisotopic (exact) mass is 279 g/mol. The van der Waals surface area contributed by atoms with Crippen molar-refractivity contribution in [3.8, 4) is 0 Å². The van der Waals surface area contributed by atoms with E-state index in [0.29, 0.717) is 25.5 Å². The number of hydrogen-bond donors (Lipinski definition) is 2. The maximum Gasteiger partial charge on any atom is 0.293 e. The van der Waals surface area contributed by atoms with Gasteiger partial charge in [-0.15, -0.1) is 0 Å². The van der Waals surface area contributed by atoms with E-state index < -0.39 is 0 Å². The van der Waals surface area contributed by atoms with Gasteiger partial charge < -0.3 is 20.5 Å². The molecule has 1 fully saturated rings. The number of carbonyl (C=O) groups excluding carboxylic acids is 1. The lowest BCUT2D eigenvalue weighted by Gasteiger charge is -2.32. The average molecular weight is 279 g/mol. The SMILES string of the molecule is Cn1ccnc(N2CCCC(C(=O)NCCN)C2)c1=O. The smallest absolute Gasteiger partial charge is 0.293 e. The van der Waals surface area contributed by atoms with Crippen LogP contribution in [0.4, 0.5) is 5.82 Å². The van der Waals surface area contributed by atoms with Gasteiger partial charge in [0, 0.05) is 45.6 Å². The Morgan fingerprint density at radius 1 is 1.60 bits per heavy atom. The van der Waals surface area contributed by atoms with Crippen molar-refractivity contribution in [2.45, 2.75) is 12.8 Å². The normalized spacial score (nSPS) is 18.9. The van der Waals surface area contributed by atoms with E-state index in [1.165, 1.54) is 4.57 Å². The van der Waals surface area contributed by atoms with E-state index in [2.05, 4.69) is 10.3 Å². The van der Waals surface area contributed by atoms with Crippen LogP contribution in [0.25, 0.3) is 0 Å². The van der Waals surface area contributed by atoms with Crippen LogP contribution in [0.15, 0.2) is 17.2 Å². The summed E-state index contributed by atoms with van der Waals surface area (Å²) in [5, 5.41) is 2.81. The number of nitrogens with one attached hydrogen (secondary N) is 1. The van der Waals surface area contributed by atoms with Gasteiger partial charge >= 0.3 is 0 Å². The van der Waals surface area contributed by atoms with E-state index >= 15 is 0 Å². The topological polar surface area (TPSA) is 93.2 Å². The Labute approximate surface area is 117 Å². The van der Waals surface area contributed by atoms with E-state index in [4.69, 9.17) is 5.73 Å². The molecule has 0 saturated carbocycles. The molecule has 0 aliphatic carbocycles. The molecule has 110 valence electrons. The van der Waals surface area contributed by atoms with Gasteiger partial charge in [0.25, 0.3) is 5.56 Å². The van der Waals surface area contributed by atoms with Gasteiger partial charge in [0.15, 0.2) is 5.82 Å². The van der Waals surface area contributed by atoms with Crippen LogP contribution in [0, 0.1) is 5.92 Å². The summed E-state index contributed by atoms with van der Waals surface area (Å²) in [5.41, 5.74) is 5.25. The summed E-state index contributed by atoms with van der Waals surface area (Å²) in [4.78, 5) is 30.1. The van der Waals surface area contributed by atoms with Gasteiger partial charge in [0.05, 0.1) is 5.92 Å². The number of piperidine rings is 1. The first kappa shape index (κ1) is 14.5. The molecule has 1 aromatic heterocycles. The Kier molecular flexibility index (Phi) is 4.73. The van der Waals surface area contributed by atoms with Gasteiger partial charge in [-0.3, -0.25) is 9.59 Å². The molecule has 0 spiro atoms. The molecule has 0 aromatic carbocycles. The molecule has 0 bridgehead atoms. The third-order valence-corrected chi connectivity index (χ3v) is 3.53. The highest BCUT2D eigenvalue weighted by Crippen LogP contribution is 2.19. The van der Waals surface area contributed by atoms with Crippen LogP contribution in [-0.2, 0) is 11.8 Å². The molecule has 1 amide bonds. The van der Waals surface area contributed by atoms with Crippen molar-refractivity contribution in [1.82, 2.24) is 14.9 Å². The second-order valence-corrected chi connectivity index (χ2v) is 5.03. The molecule has 7 nitrogen and oxygen atoms in total. The lowest BCUT2D eigenvalue weighted by atomic mass is 9.97. The fraction of sp³-hybridized carbons (Fsp3) is 0.615. The van der Waals surface area contributed by atoms with Gasteiger partial charge in [0.2, 0.25) is 5.91 Å². The fourth-order valence-corrected chi connectivity index (χ4v) is 2.42. The van der Waals surface area contributed by atoms with Crippen molar-refractivity contribution >= 4 is 11.7 Å². The molecule has 20 heavy (non-hydrogen) atoms. The number of rotatable bonds is 4. The predicted molar refractivity (Wildman–Crippen MR) is 76.5 cm³/mol. The first-order valence-corrected chi connectivity index (χ1v) is 6.88. The van der Waals surface area contributed by atoms with Crippen molar-refractivity contribution in [2.75, 3.05) is 31.1 Å². The lowest BCUT2D eigenvalue weighted by molar-refractivity contribution is -0.125. The Morgan fingerprint density at radius 2 is 2.40 bits per heavy atom. The molecule has 2 rings (SSSR count). The number of hydrogen-bond acceptors (Lipinski definition) is 5. The summed E-state index contributed by atoms with van der Waals surface area (Å²) in [5.74, 6) is 0.321. The summed E-state index contributed by atoms with van der Waals surface area (Å²) >= 11 is 0. The minimum absolute atomic E-state index is 0.00732. The summed E-state index contributed by atoms with van der Waals surface area (Å²) in [6.45, 7) is 2.21. The van der Waals surface area contributed by atoms with Gasteiger partial charge in [-0.1, -0.05) is 0 Å². The highest BCUT2D eigenvalue weighted by Gasteiger charge is 2.27. The van der Waals surface area contributed by atoms with Crippen molar-refractivity contribution in [1.29, 1.82) is 0 Å². The van der Waals surface area contributed by atoms with Crippen molar-refractivity contribution in [3.63, 3.8) is 0 Å². The molecule has 1 saturated heterocycles. The quantitative estimate of drug-likeness (QED) is 0.743. The molecule has 1 atom stereocenters. The second-order valence-electron chi connectivity index (χ2n) is 5.03. The Balaban J connectivity index is 2.09. The number of aromatic nitrogens is 2. The average Bonchev–Trinajstić information content (AvgIpc) is 2.47. The van der Waals surface area contributed by atoms with E-state index in [0.717, 1.165) is 19.4 Å². The molecule has 0 radical (unpaired) electrons. The number of carbonyl (C=O) groups is 1. The van der Waals surface area contributed by atoms with E-state index in [1.807, 2.05) is 4.90 Å². The van der Waals surface area contributed by atoms with Crippen LogP contribution in [0.5, 0.6) is 0 Å².